The molecule has 19 heavy (non-hydrogen) atoms. The molecule has 0 amide bonds. The van der Waals surface area contributed by atoms with Crippen LogP contribution in [-0.4, -0.2) is 50.4 Å². The summed E-state index contributed by atoms with van der Waals surface area (Å²) in [6.07, 6.45) is 1.74. The van der Waals surface area contributed by atoms with Gasteiger partial charge in [0.15, 0.2) is 5.03 Å². The highest BCUT2D eigenvalue weighted by Gasteiger charge is 2.29. The Balaban J connectivity index is 2.20. The molecule has 2 heterocycles. The van der Waals surface area contributed by atoms with Gasteiger partial charge >= 0.3 is 5.97 Å². The summed E-state index contributed by atoms with van der Waals surface area (Å²) >= 11 is 0. The van der Waals surface area contributed by atoms with Crippen LogP contribution in [0.4, 0.5) is 0 Å². The molecule has 2 N–H and O–H groups in total. The highest BCUT2D eigenvalue weighted by Crippen LogP contribution is 2.15. The monoisotopic (exact) mass is 289 g/mol. The van der Waals surface area contributed by atoms with Crippen molar-refractivity contribution in [1.29, 1.82) is 0 Å². The molecule has 106 valence electrons. The third-order valence-electron chi connectivity index (χ3n) is 2.62. The fourth-order valence-corrected chi connectivity index (χ4v) is 3.08. The number of H-pyrrole nitrogens is 1. The molecule has 1 saturated heterocycles. The van der Waals surface area contributed by atoms with Gasteiger partial charge in [0.25, 0.3) is 10.0 Å². The van der Waals surface area contributed by atoms with Gasteiger partial charge in [-0.2, -0.15) is 5.10 Å². The Labute approximate surface area is 110 Å². The van der Waals surface area contributed by atoms with E-state index in [2.05, 4.69) is 14.9 Å². The number of ether oxygens (including phenoxy) is 2. The Morgan fingerprint density at radius 2 is 2.47 bits per heavy atom. The molecule has 0 radical (unpaired) electrons. The smallest absolute Gasteiger partial charge is 0.342 e. The highest BCUT2D eigenvalue weighted by atomic mass is 32.2. The Hall–Kier alpha value is -1.45. The van der Waals surface area contributed by atoms with E-state index in [1.165, 1.54) is 0 Å². The minimum Gasteiger partial charge on any atom is -0.462 e. The summed E-state index contributed by atoms with van der Waals surface area (Å²) in [6, 6.07) is -0.289. The molecule has 1 atom stereocenters. The second kappa shape index (κ2) is 5.68. The number of hydrogen-bond acceptors (Lipinski definition) is 6. The number of rotatable bonds is 5. The molecule has 1 aromatic rings. The molecule has 1 aliphatic rings. The van der Waals surface area contributed by atoms with E-state index < -0.39 is 16.0 Å². The van der Waals surface area contributed by atoms with E-state index in [-0.39, 0.29) is 23.2 Å². The predicted molar refractivity (Wildman–Crippen MR) is 64.1 cm³/mol. The first-order valence-corrected chi connectivity index (χ1v) is 7.33. The van der Waals surface area contributed by atoms with Gasteiger partial charge in [-0.1, -0.05) is 0 Å². The first-order chi connectivity index (χ1) is 9.04. The van der Waals surface area contributed by atoms with Crippen LogP contribution in [0.15, 0.2) is 11.2 Å². The van der Waals surface area contributed by atoms with Crippen LogP contribution in [0.1, 0.15) is 23.7 Å². The van der Waals surface area contributed by atoms with Crippen LogP contribution in [0.3, 0.4) is 0 Å². The van der Waals surface area contributed by atoms with Crippen molar-refractivity contribution in [1.82, 2.24) is 14.9 Å². The normalized spacial score (nSPS) is 19.5. The van der Waals surface area contributed by atoms with Gasteiger partial charge in [0.05, 0.1) is 19.4 Å². The van der Waals surface area contributed by atoms with Crippen LogP contribution in [0.2, 0.25) is 0 Å². The number of sulfonamides is 1. The largest absolute Gasteiger partial charge is 0.462 e. The van der Waals surface area contributed by atoms with Gasteiger partial charge in [-0.15, -0.1) is 0 Å². The number of hydrogen-bond donors (Lipinski definition) is 2. The molecular formula is C10H15N3O5S. The van der Waals surface area contributed by atoms with Gasteiger partial charge in [0.2, 0.25) is 0 Å². The molecule has 1 unspecified atom stereocenters. The molecule has 0 aromatic carbocycles. The zero-order valence-corrected chi connectivity index (χ0v) is 11.2. The van der Waals surface area contributed by atoms with Crippen molar-refractivity contribution in [3.8, 4) is 0 Å². The lowest BCUT2D eigenvalue weighted by Gasteiger charge is -2.10. The van der Waals surface area contributed by atoms with Crippen molar-refractivity contribution in [3.05, 3.63) is 11.8 Å². The topological polar surface area (TPSA) is 110 Å². The molecule has 1 fully saturated rings. The zero-order chi connectivity index (χ0) is 13.9. The summed E-state index contributed by atoms with van der Waals surface area (Å²) in [6.45, 7) is 2.64. The minimum absolute atomic E-state index is 0.103. The molecule has 2 rings (SSSR count). The quantitative estimate of drug-likeness (QED) is 0.717. The maximum Gasteiger partial charge on any atom is 0.342 e. The molecule has 0 bridgehead atoms. The number of nitrogens with zero attached hydrogens (tertiary/aromatic N) is 1. The van der Waals surface area contributed by atoms with Crippen molar-refractivity contribution in [2.45, 2.75) is 24.4 Å². The van der Waals surface area contributed by atoms with E-state index in [1.54, 1.807) is 6.92 Å². The van der Waals surface area contributed by atoms with Gasteiger partial charge in [-0.05, 0) is 13.3 Å². The summed E-state index contributed by atoms with van der Waals surface area (Å²) in [7, 11) is -3.84. The van der Waals surface area contributed by atoms with E-state index in [0.717, 1.165) is 6.20 Å². The first-order valence-electron chi connectivity index (χ1n) is 5.85. The lowest BCUT2D eigenvalue weighted by molar-refractivity contribution is 0.0522. The zero-order valence-electron chi connectivity index (χ0n) is 10.4. The van der Waals surface area contributed by atoms with Crippen LogP contribution in [0.25, 0.3) is 0 Å². The molecule has 8 nitrogen and oxygen atoms in total. The van der Waals surface area contributed by atoms with Crippen LogP contribution in [0, 0.1) is 0 Å². The van der Waals surface area contributed by atoms with Crippen molar-refractivity contribution < 1.29 is 22.7 Å². The third-order valence-corrected chi connectivity index (χ3v) is 4.11. The van der Waals surface area contributed by atoms with E-state index in [9.17, 15) is 13.2 Å². The van der Waals surface area contributed by atoms with Gasteiger partial charge < -0.3 is 9.47 Å². The Bertz CT molecular complexity index is 547. The fraction of sp³-hybridized carbons (Fsp3) is 0.600. The Kier molecular flexibility index (Phi) is 4.17. The lowest BCUT2D eigenvalue weighted by atomic mass is 10.3. The van der Waals surface area contributed by atoms with Crippen LogP contribution >= 0.6 is 0 Å². The number of aromatic nitrogens is 2. The summed E-state index contributed by atoms with van der Waals surface area (Å²) in [4.78, 5) is 11.6. The standard InChI is InChI=1S/C10H15N3O5S/c1-2-18-10(14)8-5-11-12-9(8)19(15,16)13-7-3-4-17-6-7/h5,7,13H,2-4,6H2,1H3,(H,11,12). The molecule has 9 heteroatoms. The molecule has 0 aliphatic carbocycles. The van der Waals surface area contributed by atoms with E-state index in [0.29, 0.717) is 19.6 Å². The number of carbonyl (C=O) groups excluding carboxylic acids is 1. The second-order valence-corrected chi connectivity index (χ2v) is 5.67. The average molecular weight is 289 g/mol. The fourth-order valence-electron chi connectivity index (χ4n) is 1.74. The maximum atomic E-state index is 12.1. The SMILES string of the molecule is CCOC(=O)c1cn[nH]c1S(=O)(=O)NC1CCOC1. The number of esters is 1. The van der Waals surface area contributed by atoms with Crippen LogP contribution in [0.5, 0.6) is 0 Å². The first kappa shape index (κ1) is 14.0. The molecule has 0 saturated carbocycles. The van der Waals surface area contributed by atoms with Gasteiger partial charge in [-0.3, -0.25) is 5.10 Å². The Morgan fingerprint density at radius 3 is 3.11 bits per heavy atom. The molecule has 0 spiro atoms. The number of carbonyl (C=O) groups is 1. The third kappa shape index (κ3) is 3.11. The Morgan fingerprint density at radius 1 is 1.68 bits per heavy atom. The van der Waals surface area contributed by atoms with Gasteiger partial charge in [0.1, 0.15) is 5.56 Å². The summed E-state index contributed by atoms with van der Waals surface area (Å²) in [5.74, 6) is -0.723. The van der Waals surface area contributed by atoms with Crippen molar-refractivity contribution in [3.63, 3.8) is 0 Å². The lowest BCUT2D eigenvalue weighted by Crippen LogP contribution is -2.36. The van der Waals surface area contributed by atoms with Crippen molar-refractivity contribution in [2.75, 3.05) is 19.8 Å². The second-order valence-electron chi connectivity index (χ2n) is 4.02. The molecule has 1 aromatic heterocycles. The number of nitrogens with one attached hydrogen (secondary N) is 2. The van der Waals surface area contributed by atoms with E-state index in [1.807, 2.05) is 0 Å². The van der Waals surface area contributed by atoms with Gasteiger partial charge in [-0.25, -0.2) is 17.9 Å². The molecular weight excluding hydrogens is 274 g/mol. The van der Waals surface area contributed by atoms with Crippen molar-refractivity contribution in [2.24, 2.45) is 0 Å². The van der Waals surface area contributed by atoms with E-state index in [4.69, 9.17) is 9.47 Å². The predicted octanol–water partition coefficient (Wildman–Crippen LogP) is -0.346. The van der Waals surface area contributed by atoms with Gasteiger partial charge in [0, 0.05) is 12.6 Å². The number of aromatic amines is 1. The summed E-state index contributed by atoms with van der Waals surface area (Å²) < 4.78 is 36.6. The van der Waals surface area contributed by atoms with E-state index >= 15 is 0 Å². The van der Waals surface area contributed by atoms with Crippen LogP contribution < -0.4 is 4.72 Å². The highest BCUT2D eigenvalue weighted by molar-refractivity contribution is 7.89. The minimum atomic E-state index is -3.84. The average Bonchev–Trinajstić information content (AvgIpc) is 2.98. The van der Waals surface area contributed by atoms with Crippen LogP contribution in [-0.2, 0) is 19.5 Å². The summed E-state index contributed by atoms with van der Waals surface area (Å²) in [5, 5.41) is 5.63. The summed E-state index contributed by atoms with van der Waals surface area (Å²) in [5.41, 5.74) is -0.103. The van der Waals surface area contributed by atoms with Crippen molar-refractivity contribution >= 4 is 16.0 Å². The molecule has 1 aliphatic heterocycles. The maximum absolute atomic E-state index is 12.1.